The number of fused-ring (bicyclic) bond motifs is 3. The van der Waals surface area contributed by atoms with Crippen molar-refractivity contribution in [3.63, 3.8) is 0 Å². The van der Waals surface area contributed by atoms with Crippen molar-refractivity contribution < 1.29 is 14.5 Å². The average molecular weight is 453 g/mol. The number of ether oxygens (including phenoxy) is 1. The van der Waals surface area contributed by atoms with Crippen LogP contribution in [-0.2, 0) is 11.2 Å². The van der Waals surface area contributed by atoms with Gasteiger partial charge in [0, 0.05) is 50.5 Å². The molecule has 0 radical (unpaired) electrons. The molecule has 1 N–H and O–H groups in total. The quantitative estimate of drug-likeness (QED) is 0.489. The predicted molar refractivity (Wildman–Crippen MR) is 128 cm³/mol. The van der Waals surface area contributed by atoms with Crippen LogP contribution < -0.4 is 15.0 Å². The van der Waals surface area contributed by atoms with Gasteiger partial charge in [0.15, 0.2) is 0 Å². The molecule has 2 aliphatic heterocycles. The number of hydrogen-bond acceptors (Lipinski definition) is 6. The van der Waals surface area contributed by atoms with Crippen LogP contribution >= 0.6 is 0 Å². The maximum Gasteiger partial charge on any atom is 0.269 e. The summed E-state index contributed by atoms with van der Waals surface area (Å²) < 4.78 is 5.88. The molecular weight excluding hydrogens is 420 g/mol. The molecule has 2 aromatic carbocycles. The third kappa shape index (κ3) is 5.45. The zero-order valence-electron chi connectivity index (χ0n) is 19.3. The van der Waals surface area contributed by atoms with Crippen LogP contribution in [0, 0.1) is 22.0 Å². The van der Waals surface area contributed by atoms with Gasteiger partial charge >= 0.3 is 0 Å². The molecule has 2 heterocycles. The van der Waals surface area contributed by atoms with E-state index in [1.807, 2.05) is 36.4 Å². The highest BCUT2D eigenvalue weighted by atomic mass is 16.6. The lowest BCUT2D eigenvalue weighted by Crippen LogP contribution is -2.61. The lowest BCUT2D eigenvalue weighted by molar-refractivity contribution is -0.384. The maximum atomic E-state index is 13.2. The molecule has 0 spiro atoms. The van der Waals surface area contributed by atoms with E-state index in [1.54, 1.807) is 12.1 Å². The van der Waals surface area contributed by atoms with Crippen LogP contribution in [0.4, 0.5) is 11.4 Å². The van der Waals surface area contributed by atoms with E-state index < -0.39 is 0 Å². The highest BCUT2D eigenvalue weighted by Crippen LogP contribution is 2.37. The monoisotopic (exact) mass is 452 g/mol. The molecule has 2 unspecified atom stereocenters. The van der Waals surface area contributed by atoms with Gasteiger partial charge in [-0.1, -0.05) is 32.0 Å². The summed E-state index contributed by atoms with van der Waals surface area (Å²) in [6.07, 6.45) is 0.510. The predicted octanol–water partition coefficient (Wildman–Crippen LogP) is 3.11. The summed E-state index contributed by atoms with van der Waals surface area (Å²) >= 11 is 0. The Morgan fingerprint density at radius 1 is 1.21 bits per heavy atom. The number of piperazine rings is 1. The van der Waals surface area contributed by atoms with Gasteiger partial charge in [-0.2, -0.15) is 0 Å². The molecule has 33 heavy (non-hydrogen) atoms. The van der Waals surface area contributed by atoms with Gasteiger partial charge in [0.05, 0.1) is 16.9 Å². The molecule has 2 aromatic rings. The Kier molecular flexibility index (Phi) is 7.13. The van der Waals surface area contributed by atoms with Crippen LogP contribution in [-0.4, -0.2) is 61.1 Å². The summed E-state index contributed by atoms with van der Waals surface area (Å²) in [5.41, 5.74) is 1.97. The van der Waals surface area contributed by atoms with E-state index >= 15 is 0 Å². The first-order valence-corrected chi connectivity index (χ1v) is 11.6. The van der Waals surface area contributed by atoms with Crippen molar-refractivity contribution in [2.75, 3.05) is 44.2 Å². The first-order valence-electron chi connectivity index (χ1n) is 11.6. The molecular formula is C25H32N4O4. The summed E-state index contributed by atoms with van der Waals surface area (Å²) in [5, 5.41) is 14.4. The van der Waals surface area contributed by atoms with E-state index in [4.69, 9.17) is 4.74 Å². The second-order valence-electron chi connectivity index (χ2n) is 9.24. The summed E-state index contributed by atoms with van der Waals surface area (Å²) in [5.74, 6) is 0.990. The lowest BCUT2D eigenvalue weighted by Gasteiger charge is -2.49. The molecule has 176 valence electrons. The SMILES string of the molecule is CC(C)CNC(=O)C1Cc2cc([N+](=O)[O-])ccc2N2CCN(CCOc3ccccc3)CC12. The number of nitrogens with zero attached hydrogens (tertiary/aromatic N) is 3. The van der Waals surface area contributed by atoms with Gasteiger partial charge in [0.1, 0.15) is 12.4 Å². The van der Waals surface area contributed by atoms with Crippen LogP contribution in [0.25, 0.3) is 0 Å². The van der Waals surface area contributed by atoms with Crippen molar-refractivity contribution in [2.45, 2.75) is 26.3 Å². The standard InChI is InChI=1S/C25H32N4O4/c1-18(2)16-26-25(30)22-15-19-14-20(29(31)32)8-9-23(19)28-11-10-27(17-24(22)28)12-13-33-21-6-4-3-5-7-21/h3-9,14,18,22,24H,10-13,15-17H2,1-2H3,(H,26,30). The van der Waals surface area contributed by atoms with E-state index in [2.05, 4.69) is 29.0 Å². The molecule has 0 aromatic heterocycles. The first kappa shape index (κ1) is 23.0. The molecule has 8 heteroatoms. The lowest BCUT2D eigenvalue weighted by atomic mass is 9.83. The van der Waals surface area contributed by atoms with Gasteiger partial charge in [0.2, 0.25) is 5.91 Å². The minimum absolute atomic E-state index is 0.0246. The number of carbonyl (C=O) groups excluding carboxylic acids is 1. The first-order chi connectivity index (χ1) is 15.9. The Morgan fingerprint density at radius 2 is 2.00 bits per heavy atom. The van der Waals surface area contributed by atoms with Gasteiger partial charge < -0.3 is 15.0 Å². The summed E-state index contributed by atoms with van der Waals surface area (Å²) in [7, 11) is 0. The van der Waals surface area contributed by atoms with E-state index in [0.717, 1.165) is 43.2 Å². The highest BCUT2D eigenvalue weighted by molar-refractivity contribution is 5.82. The second-order valence-corrected chi connectivity index (χ2v) is 9.24. The van der Waals surface area contributed by atoms with E-state index in [9.17, 15) is 14.9 Å². The number of rotatable bonds is 8. The van der Waals surface area contributed by atoms with E-state index in [0.29, 0.717) is 25.5 Å². The van der Waals surface area contributed by atoms with Crippen molar-refractivity contribution in [1.82, 2.24) is 10.2 Å². The Hall–Kier alpha value is -3.13. The largest absolute Gasteiger partial charge is 0.492 e. The number of non-ortho nitro benzene ring substituents is 1. The highest BCUT2D eigenvalue weighted by Gasteiger charge is 2.41. The molecule has 2 atom stereocenters. The minimum Gasteiger partial charge on any atom is -0.492 e. The average Bonchev–Trinajstić information content (AvgIpc) is 2.82. The van der Waals surface area contributed by atoms with Crippen LogP contribution in [0.1, 0.15) is 19.4 Å². The smallest absolute Gasteiger partial charge is 0.269 e. The number of benzene rings is 2. The maximum absolute atomic E-state index is 13.2. The third-order valence-corrected chi connectivity index (χ3v) is 6.43. The molecule has 1 amide bonds. The van der Waals surface area contributed by atoms with Crippen molar-refractivity contribution in [3.8, 4) is 5.75 Å². The summed E-state index contributed by atoms with van der Waals surface area (Å²) in [6, 6.07) is 14.8. The van der Waals surface area contributed by atoms with Crippen molar-refractivity contribution in [1.29, 1.82) is 0 Å². The van der Waals surface area contributed by atoms with Gasteiger partial charge in [-0.25, -0.2) is 0 Å². The van der Waals surface area contributed by atoms with Crippen molar-refractivity contribution in [2.24, 2.45) is 11.8 Å². The molecule has 1 fully saturated rings. The molecule has 2 aliphatic rings. The topological polar surface area (TPSA) is 87.9 Å². The molecule has 8 nitrogen and oxygen atoms in total. The number of carbonyl (C=O) groups is 1. The van der Waals surface area contributed by atoms with Crippen LogP contribution in [0.15, 0.2) is 48.5 Å². The fraction of sp³-hybridized carbons (Fsp3) is 0.480. The molecule has 4 rings (SSSR count). The normalized spacial score (nSPS) is 20.2. The Labute approximate surface area is 194 Å². The summed E-state index contributed by atoms with van der Waals surface area (Å²) in [4.78, 5) is 28.7. The Balaban J connectivity index is 1.49. The van der Waals surface area contributed by atoms with Crippen molar-refractivity contribution in [3.05, 3.63) is 64.2 Å². The zero-order valence-corrected chi connectivity index (χ0v) is 19.3. The van der Waals surface area contributed by atoms with Gasteiger partial charge in [-0.15, -0.1) is 0 Å². The van der Waals surface area contributed by atoms with Gasteiger partial charge in [0.25, 0.3) is 5.69 Å². The zero-order chi connectivity index (χ0) is 23.4. The number of anilines is 1. The summed E-state index contributed by atoms with van der Waals surface area (Å²) in [6.45, 7) is 8.52. The number of nitro benzene ring substituents is 1. The second kappa shape index (κ2) is 10.2. The van der Waals surface area contributed by atoms with Gasteiger partial charge in [-0.05, 0) is 36.1 Å². The van der Waals surface area contributed by atoms with E-state index in [1.165, 1.54) is 0 Å². The molecule has 0 bridgehead atoms. The Bertz CT molecular complexity index is 982. The molecule has 0 saturated carbocycles. The van der Waals surface area contributed by atoms with E-state index in [-0.39, 0.29) is 28.5 Å². The number of nitro groups is 1. The van der Waals surface area contributed by atoms with Gasteiger partial charge in [-0.3, -0.25) is 19.8 Å². The molecule has 1 saturated heterocycles. The number of amides is 1. The van der Waals surface area contributed by atoms with Crippen LogP contribution in [0.2, 0.25) is 0 Å². The fourth-order valence-corrected chi connectivity index (χ4v) is 4.73. The van der Waals surface area contributed by atoms with Crippen LogP contribution in [0.5, 0.6) is 5.75 Å². The van der Waals surface area contributed by atoms with Crippen molar-refractivity contribution >= 4 is 17.3 Å². The number of nitrogens with one attached hydrogen (secondary N) is 1. The third-order valence-electron chi connectivity index (χ3n) is 6.43. The van der Waals surface area contributed by atoms with Crippen LogP contribution in [0.3, 0.4) is 0 Å². The minimum atomic E-state index is -0.370. The molecule has 0 aliphatic carbocycles. The fourth-order valence-electron chi connectivity index (χ4n) is 4.73. The number of para-hydroxylation sites is 1. The Morgan fingerprint density at radius 3 is 2.73 bits per heavy atom. The number of hydrogen-bond donors (Lipinski definition) is 1.